The molecule has 2 rings (SSSR count). The summed E-state index contributed by atoms with van der Waals surface area (Å²) in [6.45, 7) is 6.46. The van der Waals surface area contributed by atoms with Gasteiger partial charge in [-0.15, -0.1) is 4.68 Å². The van der Waals surface area contributed by atoms with Crippen molar-refractivity contribution in [1.82, 2.24) is 9.90 Å². The normalized spacial score (nSPS) is 14.4. The van der Waals surface area contributed by atoms with Crippen molar-refractivity contribution in [2.45, 2.75) is 33.6 Å². The van der Waals surface area contributed by atoms with Crippen molar-refractivity contribution in [3.8, 4) is 5.69 Å². The van der Waals surface area contributed by atoms with E-state index < -0.39 is 7.81 Å². The van der Waals surface area contributed by atoms with Crippen LogP contribution in [-0.4, -0.2) is 9.90 Å². The van der Waals surface area contributed by atoms with Crippen LogP contribution in [0, 0.1) is 6.92 Å². The maximum absolute atomic E-state index is 10.7. The van der Waals surface area contributed by atoms with Crippen molar-refractivity contribution in [2.75, 3.05) is 0 Å². The van der Waals surface area contributed by atoms with E-state index in [1.165, 1.54) is 17.0 Å². The predicted octanol–water partition coefficient (Wildman–Crippen LogP) is 5.51. The SMILES string of the molecule is CCc1c(CC)[n+](C)nn1-c1ccc(C)cc1.F[P-](F)(F)(F)(F)F. The van der Waals surface area contributed by atoms with Gasteiger partial charge in [-0.25, -0.2) is 0 Å². The third kappa shape index (κ3) is 7.29. The zero-order valence-corrected chi connectivity index (χ0v) is 14.7. The topological polar surface area (TPSA) is 21.7 Å². The third-order valence-electron chi connectivity index (χ3n) is 3.15. The Labute approximate surface area is 136 Å². The number of hydrogen-bond donors (Lipinski definition) is 0. The van der Waals surface area contributed by atoms with E-state index in [4.69, 9.17) is 0 Å². The van der Waals surface area contributed by atoms with E-state index in [1.54, 1.807) is 0 Å². The van der Waals surface area contributed by atoms with Crippen LogP contribution in [0.5, 0.6) is 0 Å². The minimum atomic E-state index is -10.7. The molecular formula is C14H20F6N3P. The van der Waals surface area contributed by atoms with E-state index in [2.05, 4.69) is 54.9 Å². The first kappa shape index (κ1) is 20.4. The first-order chi connectivity index (χ1) is 10.6. The molecule has 0 spiro atoms. The van der Waals surface area contributed by atoms with Crippen molar-refractivity contribution in [3.05, 3.63) is 41.2 Å². The number of benzene rings is 1. The van der Waals surface area contributed by atoms with E-state index in [9.17, 15) is 25.2 Å². The van der Waals surface area contributed by atoms with Gasteiger partial charge in [0.2, 0.25) is 0 Å². The molecule has 0 radical (unpaired) electrons. The van der Waals surface area contributed by atoms with Gasteiger partial charge in [0.15, 0.2) is 17.1 Å². The van der Waals surface area contributed by atoms with Crippen LogP contribution in [0.3, 0.4) is 0 Å². The quantitative estimate of drug-likeness (QED) is 0.394. The Kier molecular flexibility index (Phi) is 5.12. The molecule has 0 bridgehead atoms. The zero-order chi connectivity index (χ0) is 18.8. The van der Waals surface area contributed by atoms with Gasteiger partial charge in [0.05, 0.1) is 5.21 Å². The summed E-state index contributed by atoms with van der Waals surface area (Å²) in [6, 6.07) is 8.51. The van der Waals surface area contributed by atoms with Crippen LogP contribution in [-0.2, 0) is 19.9 Å². The number of aryl methyl sites for hydroxylation is 2. The van der Waals surface area contributed by atoms with Crippen LogP contribution < -0.4 is 4.68 Å². The fraction of sp³-hybridized carbons (Fsp3) is 0.429. The first-order valence-electron chi connectivity index (χ1n) is 7.22. The molecule has 2 aromatic rings. The molecule has 0 saturated heterocycles. The Bertz CT molecular complexity index is 693. The Morgan fingerprint density at radius 2 is 1.42 bits per heavy atom. The molecule has 24 heavy (non-hydrogen) atoms. The fourth-order valence-corrected chi connectivity index (χ4v) is 2.23. The third-order valence-corrected chi connectivity index (χ3v) is 3.15. The van der Waals surface area contributed by atoms with Crippen LogP contribution in [0.4, 0.5) is 25.2 Å². The Morgan fingerprint density at radius 1 is 0.958 bits per heavy atom. The molecule has 1 heterocycles. The molecule has 0 amide bonds. The molecule has 0 fully saturated rings. The molecule has 1 aromatic heterocycles. The molecule has 0 atom stereocenters. The standard InChI is InChI=1S/C14H20N3.F6P/c1-5-13-14(6-2)17(15-16(13)4)12-9-7-11(3)8-10-12;1-7(2,3,4,5)6/h7-10H,5-6H2,1-4H3;/q+1;-1. The van der Waals surface area contributed by atoms with E-state index in [-0.39, 0.29) is 0 Å². The van der Waals surface area contributed by atoms with Gasteiger partial charge in [0.25, 0.3) is 0 Å². The molecule has 3 nitrogen and oxygen atoms in total. The monoisotopic (exact) mass is 375 g/mol. The number of rotatable bonds is 3. The van der Waals surface area contributed by atoms with Gasteiger partial charge in [0, 0.05) is 12.8 Å². The number of halogens is 6. The van der Waals surface area contributed by atoms with Crippen LogP contribution in [0.2, 0.25) is 0 Å². The number of nitrogens with zero attached hydrogens (tertiary/aromatic N) is 3. The summed E-state index contributed by atoms with van der Waals surface area (Å²) in [5, 5.41) is 4.59. The fourth-order valence-electron chi connectivity index (χ4n) is 2.23. The minimum absolute atomic E-state index is 1.00. The zero-order valence-electron chi connectivity index (χ0n) is 13.8. The van der Waals surface area contributed by atoms with Gasteiger partial charge in [0.1, 0.15) is 7.05 Å². The molecule has 1 aromatic carbocycles. The summed E-state index contributed by atoms with van der Waals surface area (Å²) in [7, 11) is -8.64. The second-order valence-electron chi connectivity index (χ2n) is 5.32. The molecule has 0 aliphatic rings. The van der Waals surface area contributed by atoms with Crippen molar-refractivity contribution >= 4 is 7.81 Å². The number of hydrogen-bond acceptors (Lipinski definition) is 1. The van der Waals surface area contributed by atoms with E-state index in [1.807, 2.05) is 11.7 Å². The summed E-state index contributed by atoms with van der Waals surface area (Å²) < 4.78 is 63.2. The second kappa shape index (κ2) is 6.02. The predicted molar refractivity (Wildman–Crippen MR) is 81.8 cm³/mol. The maximum atomic E-state index is 9.87. The molecule has 0 aliphatic heterocycles. The summed E-state index contributed by atoms with van der Waals surface area (Å²) in [5.74, 6) is 0. The Balaban J connectivity index is 0.000000351. The molecule has 0 unspecified atom stereocenters. The summed E-state index contributed by atoms with van der Waals surface area (Å²) in [4.78, 5) is 0. The van der Waals surface area contributed by atoms with Gasteiger partial charge >= 0.3 is 33.0 Å². The van der Waals surface area contributed by atoms with Crippen molar-refractivity contribution in [1.29, 1.82) is 0 Å². The molecule has 138 valence electrons. The summed E-state index contributed by atoms with van der Waals surface area (Å²) in [6.07, 6.45) is 2.02. The summed E-state index contributed by atoms with van der Waals surface area (Å²) in [5.41, 5.74) is 5.04. The van der Waals surface area contributed by atoms with Gasteiger partial charge < -0.3 is 0 Å². The van der Waals surface area contributed by atoms with Gasteiger partial charge in [-0.2, -0.15) is 0 Å². The Morgan fingerprint density at radius 3 is 1.79 bits per heavy atom. The van der Waals surface area contributed by atoms with Crippen molar-refractivity contribution < 1.29 is 29.9 Å². The first-order valence-corrected chi connectivity index (χ1v) is 9.25. The van der Waals surface area contributed by atoms with E-state index >= 15 is 0 Å². The van der Waals surface area contributed by atoms with Crippen LogP contribution in [0.25, 0.3) is 5.69 Å². The van der Waals surface area contributed by atoms with Gasteiger partial charge in [-0.3, -0.25) is 0 Å². The molecule has 10 heteroatoms. The number of aromatic nitrogens is 3. The van der Waals surface area contributed by atoms with Crippen LogP contribution in [0.15, 0.2) is 24.3 Å². The molecule has 0 saturated carbocycles. The Hall–Kier alpha value is -1.63. The van der Waals surface area contributed by atoms with E-state index in [0.29, 0.717) is 0 Å². The van der Waals surface area contributed by atoms with Gasteiger partial charge in [-0.1, -0.05) is 36.2 Å². The van der Waals surface area contributed by atoms with E-state index in [0.717, 1.165) is 18.5 Å². The second-order valence-corrected chi connectivity index (χ2v) is 7.24. The average molecular weight is 375 g/mol. The molecular weight excluding hydrogens is 355 g/mol. The summed E-state index contributed by atoms with van der Waals surface area (Å²) >= 11 is 0. The van der Waals surface area contributed by atoms with Gasteiger partial charge in [-0.05, 0) is 19.1 Å². The molecule has 0 N–H and O–H groups in total. The van der Waals surface area contributed by atoms with Crippen LogP contribution in [0.1, 0.15) is 30.8 Å². The van der Waals surface area contributed by atoms with Crippen molar-refractivity contribution in [2.24, 2.45) is 7.05 Å². The van der Waals surface area contributed by atoms with Crippen LogP contribution >= 0.6 is 7.81 Å². The van der Waals surface area contributed by atoms with Crippen molar-refractivity contribution in [3.63, 3.8) is 0 Å². The average Bonchev–Trinajstić information content (AvgIpc) is 2.72. The molecule has 0 aliphatic carbocycles.